The Bertz CT molecular complexity index is 545. The molecular formula is C19H29BrO3. The summed E-state index contributed by atoms with van der Waals surface area (Å²) in [4.78, 5) is 0. The van der Waals surface area contributed by atoms with Crippen LogP contribution in [0, 0.1) is 28.6 Å². The third kappa shape index (κ3) is 2.11. The topological polar surface area (TPSA) is 60.7 Å². The van der Waals surface area contributed by atoms with Crippen LogP contribution in [0.5, 0.6) is 0 Å². The summed E-state index contributed by atoms with van der Waals surface area (Å²) in [5.41, 5.74) is 1.26. The first-order valence-electron chi connectivity index (χ1n) is 9.18. The fraction of sp³-hybridized carbons (Fsp3) is 0.895. The van der Waals surface area contributed by atoms with Crippen molar-refractivity contribution in [2.75, 3.05) is 0 Å². The van der Waals surface area contributed by atoms with Crippen molar-refractivity contribution >= 4 is 15.9 Å². The molecule has 0 amide bonds. The molecule has 4 heteroatoms. The molecule has 3 nitrogen and oxygen atoms in total. The Morgan fingerprint density at radius 1 is 1.04 bits per heavy atom. The molecule has 3 saturated carbocycles. The molecular weight excluding hydrogens is 356 g/mol. The molecule has 0 heterocycles. The van der Waals surface area contributed by atoms with E-state index in [-0.39, 0.29) is 29.0 Å². The predicted octanol–water partition coefficient (Wildman–Crippen LogP) is 3.36. The van der Waals surface area contributed by atoms with Gasteiger partial charge in [0.1, 0.15) is 4.51 Å². The molecule has 0 aromatic carbocycles. The minimum atomic E-state index is -0.783. The number of alkyl halides is 1. The number of aliphatic hydroxyl groups excluding tert-OH is 2. The SMILES string of the molecule is C[C@]12CCC(O)C=C1CC(O)[C@@H]1[C@H]2CC[C@@]2(C)[C@H]1CCC2(O)Br. The van der Waals surface area contributed by atoms with Crippen LogP contribution in [0.1, 0.15) is 58.8 Å². The molecule has 3 fully saturated rings. The monoisotopic (exact) mass is 384 g/mol. The second-order valence-electron chi connectivity index (χ2n) is 9.03. The lowest BCUT2D eigenvalue weighted by Crippen LogP contribution is -2.57. The van der Waals surface area contributed by atoms with Gasteiger partial charge >= 0.3 is 0 Å². The molecule has 0 radical (unpaired) electrons. The van der Waals surface area contributed by atoms with Gasteiger partial charge in [-0.25, -0.2) is 0 Å². The Morgan fingerprint density at radius 2 is 1.74 bits per heavy atom. The Hall–Kier alpha value is 0.100. The summed E-state index contributed by atoms with van der Waals surface area (Å²) in [5.74, 6) is 1.13. The average molecular weight is 385 g/mol. The van der Waals surface area contributed by atoms with Crippen molar-refractivity contribution in [2.45, 2.75) is 75.5 Å². The molecule has 4 aliphatic carbocycles. The maximum absolute atomic E-state index is 11.0. The molecule has 4 rings (SSSR count). The number of hydrogen-bond donors (Lipinski definition) is 3. The van der Waals surface area contributed by atoms with Gasteiger partial charge in [-0.1, -0.05) is 41.4 Å². The summed E-state index contributed by atoms with van der Waals surface area (Å²) in [6.07, 6.45) is 7.75. The van der Waals surface area contributed by atoms with Crippen molar-refractivity contribution < 1.29 is 15.3 Å². The van der Waals surface area contributed by atoms with Crippen LogP contribution < -0.4 is 0 Å². The van der Waals surface area contributed by atoms with Gasteiger partial charge in [0.2, 0.25) is 0 Å². The second kappa shape index (κ2) is 5.06. The van der Waals surface area contributed by atoms with Gasteiger partial charge in [0.15, 0.2) is 0 Å². The molecule has 0 aliphatic heterocycles. The highest BCUT2D eigenvalue weighted by Crippen LogP contribution is 2.68. The Labute approximate surface area is 147 Å². The highest BCUT2D eigenvalue weighted by molar-refractivity contribution is 9.10. The summed E-state index contributed by atoms with van der Waals surface area (Å²) in [6.45, 7) is 4.56. The average Bonchev–Trinajstić information content (AvgIpc) is 2.72. The molecule has 0 bridgehead atoms. The molecule has 0 saturated heterocycles. The van der Waals surface area contributed by atoms with E-state index >= 15 is 0 Å². The molecule has 3 N–H and O–H groups in total. The van der Waals surface area contributed by atoms with Crippen molar-refractivity contribution in [3.05, 3.63) is 11.6 Å². The van der Waals surface area contributed by atoms with Gasteiger partial charge in [0, 0.05) is 5.41 Å². The van der Waals surface area contributed by atoms with Crippen molar-refractivity contribution in [2.24, 2.45) is 28.6 Å². The largest absolute Gasteiger partial charge is 0.392 e. The van der Waals surface area contributed by atoms with E-state index in [1.807, 2.05) is 6.08 Å². The van der Waals surface area contributed by atoms with Crippen molar-refractivity contribution in [1.29, 1.82) is 0 Å². The minimum absolute atomic E-state index is 0.122. The molecule has 0 aromatic rings. The lowest BCUT2D eigenvalue weighted by molar-refractivity contribution is -0.127. The van der Waals surface area contributed by atoms with Gasteiger partial charge in [0.05, 0.1) is 12.2 Å². The van der Waals surface area contributed by atoms with Crippen LogP contribution >= 0.6 is 15.9 Å². The number of halogens is 1. The predicted molar refractivity (Wildman–Crippen MR) is 93.0 cm³/mol. The van der Waals surface area contributed by atoms with E-state index in [1.54, 1.807) is 0 Å². The molecule has 8 atom stereocenters. The van der Waals surface area contributed by atoms with Gasteiger partial charge in [-0.3, -0.25) is 0 Å². The smallest absolute Gasteiger partial charge is 0.125 e. The van der Waals surface area contributed by atoms with Crippen LogP contribution in [0.3, 0.4) is 0 Å². The van der Waals surface area contributed by atoms with E-state index in [9.17, 15) is 15.3 Å². The van der Waals surface area contributed by atoms with E-state index in [2.05, 4.69) is 29.8 Å². The Morgan fingerprint density at radius 3 is 2.48 bits per heavy atom. The lowest BCUT2D eigenvalue weighted by Gasteiger charge is -2.60. The first-order valence-corrected chi connectivity index (χ1v) is 9.97. The van der Waals surface area contributed by atoms with Gasteiger partial charge in [0.25, 0.3) is 0 Å². The summed E-state index contributed by atoms with van der Waals surface area (Å²) in [6, 6.07) is 0. The van der Waals surface area contributed by atoms with Crippen LogP contribution in [0.4, 0.5) is 0 Å². The third-order valence-electron chi connectivity index (χ3n) is 8.16. The van der Waals surface area contributed by atoms with Crippen LogP contribution in [0.15, 0.2) is 11.6 Å². The van der Waals surface area contributed by atoms with Crippen molar-refractivity contribution in [1.82, 2.24) is 0 Å². The van der Waals surface area contributed by atoms with Gasteiger partial charge < -0.3 is 15.3 Å². The minimum Gasteiger partial charge on any atom is -0.392 e. The number of aliphatic hydroxyl groups is 3. The van der Waals surface area contributed by atoms with Crippen molar-refractivity contribution in [3.8, 4) is 0 Å². The summed E-state index contributed by atoms with van der Waals surface area (Å²) >= 11 is 3.60. The lowest BCUT2D eigenvalue weighted by atomic mass is 9.46. The molecule has 23 heavy (non-hydrogen) atoms. The Kier molecular flexibility index (Phi) is 3.64. The first kappa shape index (κ1) is 16.6. The number of rotatable bonds is 0. The zero-order valence-electron chi connectivity index (χ0n) is 14.1. The fourth-order valence-electron chi connectivity index (χ4n) is 6.64. The maximum Gasteiger partial charge on any atom is 0.125 e. The zero-order chi connectivity index (χ0) is 16.6. The fourth-order valence-corrected chi connectivity index (χ4v) is 7.36. The Balaban J connectivity index is 1.73. The standard InChI is InChI=1S/C19H29BrO3/c1-17-6-3-12(21)9-11(17)10-15(22)16-13(17)4-7-18(2)14(16)5-8-19(18,20)23/h9,12-16,21-23H,3-8,10H2,1-2H3/t12?,13-,14+,15?,16-,17+,18+,19?/m1/s1. The number of fused-ring (bicyclic) bond motifs is 5. The quantitative estimate of drug-likeness (QED) is 0.443. The second-order valence-corrected chi connectivity index (χ2v) is 10.3. The maximum atomic E-state index is 11.0. The molecule has 4 aliphatic rings. The summed E-state index contributed by atoms with van der Waals surface area (Å²) in [5, 5.41) is 31.8. The van der Waals surface area contributed by atoms with E-state index in [4.69, 9.17) is 0 Å². The van der Waals surface area contributed by atoms with E-state index in [0.29, 0.717) is 18.3 Å². The normalized spacial score (nSPS) is 58.9. The third-order valence-corrected chi connectivity index (χ3v) is 9.46. The van der Waals surface area contributed by atoms with Gasteiger partial charge in [-0.2, -0.15) is 0 Å². The molecule has 0 spiro atoms. The van der Waals surface area contributed by atoms with E-state index in [1.165, 1.54) is 5.57 Å². The summed E-state index contributed by atoms with van der Waals surface area (Å²) in [7, 11) is 0. The highest BCUT2D eigenvalue weighted by atomic mass is 79.9. The molecule has 0 aromatic heterocycles. The van der Waals surface area contributed by atoms with Crippen LogP contribution in [-0.4, -0.2) is 32.0 Å². The van der Waals surface area contributed by atoms with Crippen LogP contribution in [-0.2, 0) is 0 Å². The molecule has 130 valence electrons. The highest BCUT2D eigenvalue weighted by Gasteiger charge is 2.64. The zero-order valence-corrected chi connectivity index (χ0v) is 15.7. The first-order chi connectivity index (χ1) is 10.7. The van der Waals surface area contributed by atoms with Gasteiger partial charge in [-0.05, 0) is 68.1 Å². The van der Waals surface area contributed by atoms with Crippen LogP contribution in [0.2, 0.25) is 0 Å². The molecule has 3 unspecified atom stereocenters. The number of hydrogen-bond acceptors (Lipinski definition) is 3. The van der Waals surface area contributed by atoms with Gasteiger partial charge in [-0.15, -0.1) is 0 Å². The van der Waals surface area contributed by atoms with Crippen LogP contribution in [0.25, 0.3) is 0 Å². The van der Waals surface area contributed by atoms with Crippen molar-refractivity contribution in [3.63, 3.8) is 0 Å². The van der Waals surface area contributed by atoms with E-state index in [0.717, 1.165) is 38.5 Å². The van der Waals surface area contributed by atoms with E-state index < -0.39 is 4.51 Å². The summed E-state index contributed by atoms with van der Waals surface area (Å²) < 4.78 is -0.783.